The Morgan fingerprint density at radius 3 is 2.88 bits per heavy atom. The molecule has 0 saturated carbocycles. The van der Waals surface area contributed by atoms with Crippen molar-refractivity contribution < 1.29 is 9.90 Å². The molecule has 3 nitrogen and oxygen atoms in total. The first-order chi connectivity index (χ1) is 7.68. The molecule has 1 aromatic carbocycles. The summed E-state index contributed by atoms with van der Waals surface area (Å²) >= 11 is 0. The van der Waals surface area contributed by atoms with Gasteiger partial charge in [0, 0.05) is 23.9 Å². The molecule has 80 valence electrons. The summed E-state index contributed by atoms with van der Waals surface area (Å²) in [6, 6.07) is 5.81. The van der Waals surface area contributed by atoms with E-state index in [0.29, 0.717) is 0 Å². The summed E-state index contributed by atoms with van der Waals surface area (Å²) in [5.41, 5.74) is 2.03. The number of nitrogens with zero attached hydrogens (tertiary/aromatic N) is 1. The van der Waals surface area contributed by atoms with Crippen LogP contribution in [0.15, 0.2) is 36.7 Å². The van der Waals surface area contributed by atoms with Gasteiger partial charge in [0.15, 0.2) is 0 Å². The number of rotatable bonds is 2. The molecule has 0 amide bonds. The van der Waals surface area contributed by atoms with E-state index in [0.717, 1.165) is 28.0 Å². The third-order valence-corrected chi connectivity index (χ3v) is 2.48. The van der Waals surface area contributed by atoms with E-state index in [1.807, 2.05) is 25.1 Å². The molecule has 0 unspecified atom stereocenters. The van der Waals surface area contributed by atoms with Gasteiger partial charge in [-0.2, -0.15) is 0 Å². The van der Waals surface area contributed by atoms with Gasteiger partial charge in [0.1, 0.15) is 0 Å². The average Bonchev–Trinajstić information content (AvgIpc) is 2.28. The van der Waals surface area contributed by atoms with Crippen LogP contribution in [0.25, 0.3) is 16.8 Å². The van der Waals surface area contributed by atoms with Crippen LogP contribution in [0, 0.1) is 6.92 Å². The first kappa shape index (κ1) is 10.4. The van der Waals surface area contributed by atoms with E-state index in [4.69, 9.17) is 5.11 Å². The van der Waals surface area contributed by atoms with Gasteiger partial charge in [-0.05, 0) is 35.6 Å². The molecular formula is C13H11NO2. The molecule has 2 aromatic rings. The highest BCUT2D eigenvalue weighted by molar-refractivity contribution is 5.95. The Balaban J connectivity index is 2.63. The molecular weight excluding hydrogens is 202 g/mol. The largest absolute Gasteiger partial charge is 0.478 e. The number of fused-ring (bicyclic) bond motifs is 1. The molecule has 0 aliphatic rings. The van der Waals surface area contributed by atoms with Crippen LogP contribution < -0.4 is 0 Å². The molecule has 0 atom stereocenters. The Labute approximate surface area is 93.1 Å². The minimum atomic E-state index is -0.947. The SMILES string of the molecule is Cc1ccc(/C=C/C(=O)O)c2cnccc12. The zero-order valence-corrected chi connectivity index (χ0v) is 8.84. The predicted molar refractivity (Wildman–Crippen MR) is 63.1 cm³/mol. The number of pyridine rings is 1. The lowest BCUT2D eigenvalue weighted by atomic mass is 10.0. The highest BCUT2D eigenvalue weighted by Crippen LogP contribution is 2.22. The number of carbonyl (C=O) groups is 1. The van der Waals surface area contributed by atoms with Crippen LogP contribution in [0.5, 0.6) is 0 Å². The number of carboxylic acid groups (broad SMARTS) is 1. The number of hydrogen-bond donors (Lipinski definition) is 1. The van der Waals surface area contributed by atoms with Crippen molar-refractivity contribution in [3.63, 3.8) is 0 Å². The van der Waals surface area contributed by atoms with Crippen molar-refractivity contribution in [3.8, 4) is 0 Å². The Hall–Kier alpha value is -2.16. The second-order valence-electron chi connectivity index (χ2n) is 3.56. The smallest absolute Gasteiger partial charge is 0.328 e. The summed E-state index contributed by atoms with van der Waals surface area (Å²) in [4.78, 5) is 14.5. The monoisotopic (exact) mass is 213 g/mol. The molecule has 0 bridgehead atoms. The highest BCUT2D eigenvalue weighted by Gasteiger charge is 2.01. The van der Waals surface area contributed by atoms with Gasteiger partial charge < -0.3 is 5.11 Å². The van der Waals surface area contributed by atoms with Gasteiger partial charge >= 0.3 is 5.97 Å². The first-order valence-electron chi connectivity index (χ1n) is 4.93. The molecule has 0 spiro atoms. The van der Waals surface area contributed by atoms with Crippen molar-refractivity contribution in [2.75, 3.05) is 0 Å². The predicted octanol–water partition coefficient (Wildman–Crippen LogP) is 2.64. The molecule has 1 N–H and O–H groups in total. The molecule has 0 radical (unpaired) electrons. The lowest BCUT2D eigenvalue weighted by Crippen LogP contribution is -1.88. The highest BCUT2D eigenvalue weighted by atomic mass is 16.4. The molecule has 0 aliphatic carbocycles. The number of benzene rings is 1. The Bertz CT molecular complexity index is 573. The molecule has 0 saturated heterocycles. The van der Waals surface area contributed by atoms with Gasteiger partial charge in [-0.3, -0.25) is 4.98 Å². The molecule has 1 aromatic heterocycles. The van der Waals surface area contributed by atoms with Crippen LogP contribution in [0.1, 0.15) is 11.1 Å². The van der Waals surface area contributed by atoms with Gasteiger partial charge in [0.2, 0.25) is 0 Å². The van der Waals surface area contributed by atoms with Crippen LogP contribution in [-0.2, 0) is 4.79 Å². The summed E-state index contributed by atoms with van der Waals surface area (Å²) in [7, 11) is 0. The Morgan fingerprint density at radius 2 is 2.12 bits per heavy atom. The van der Waals surface area contributed by atoms with Crippen molar-refractivity contribution in [2.24, 2.45) is 0 Å². The number of aromatic nitrogens is 1. The van der Waals surface area contributed by atoms with Crippen molar-refractivity contribution >= 4 is 22.8 Å². The van der Waals surface area contributed by atoms with Crippen LogP contribution in [0.3, 0.4) is 0 Å². The lowest BCUT2D eigenvalue weighted by molar-refractivity contribution is -0.131. The van der Waals surface area contributed by atoms with Gasteiger partial charge in [0.05, 0.1) is 0 Å². The lowest BCUT2D eigenvalue weighted by Gasteiger charge is -2.04. The minimum Gasteiger partial charge on any atom is -0.478 e. The maximum atomic E-state index is 10.5. The van der Waals surface area contributed by atoms with Crippen LogP contribution in [0.4, 0.5) is 0 Å². The van der Waals surface area contributed by atoms with Crippen molar-refractivity contribution in [1.82, 2.24) is 4.98 Å². The van der Waals surface area contributed by atoms with E-state index in [1.54, 1.807) is 18.5 Å². The fraction of sp³-hybridized carbons (Fsp3) is 0.0769. The van der Waals surface area contributed by atoms with E-state index in [1.165, 1.54) is 0 Å². The maximum absolute atomic E-state index is 10.5. The summed E-state index contributed by atoms with van der Waals surface area (Å²) in [6.45, 7) is 2.02. The van der Waals surface area contributed by atoms with Crippen LogP contribution >= 0.6 is 0 Å². The van der Waals surface area contributed by atoms with E-state index >= 15 is 0 Å². The Morgan fingerprint density at radius 1 is 1.31 bits per heavy atom. The molecule has 3 heteroatoms. The topological polar surface area (TPSA) is 50.2 Å². The molecule has 2 rings (SSSR count). The molecule has 0 aliphatic heterocycles. The van der Waals surface area contributed by atoms with E-state index in [-0.39, 0.29) is 0 Å². The van der Waals surface area contributed by atoms with Gasteiger partial charge in [-0.25, -0.2) is 4.79 Å². The van der Waals surface area contributed by atoms with Crippen molar-refractivity contribution in [1.29, 1.82) is 0 Å². The van der Waals surface area contributed by atoms with E-state index < -0.39 is 5.97 Å². The Kier molecular flexibility index (Phi) is 2.68. The fourth-order valence-electron chi connectivity index (χ4n) is 1.67. The summed E-state index contributed by atoms with van der Waals surface area (Å²) in [5.74, 6) is -0.947. The minimum absolute atomic E-state index is 0.871. The summed E-state index contributed by atoms with van der Waals surface area (Å²) < 4.78 is 0. The maximum Gasteiger partial charge on any atom is 0.328 e. The van der Waals surface area contributed by atoms with Gasteiger partial charge in [-0.15, -0.1) is 0 Å². The number of aliphatic carboxylic acids is 1. The average molecular weight is 213 g/mol. The standard InChI is InChI=1S/C13H11NO2/c1-9-2-3-10(4-5-13(15)16)12-8-14-7-6-11(9)12/h2-8H,1H3,(H,15,16)/b5-4+. The van der Waals surface area contributed by atoms with E-state index in [2.05, 4.69) is 4.98 Å². The quantitative estimate of drug-likeness (QED) is 0.780. The number of carboxylic acids is 1. The van der Waals surface area contributed by atoms with Crippen molar-refractivity contribution in [3.05, 3.63) is 47.8 Å². The van der Waals surface area contributed by atoms with Gasteiger partial charge in [-0.1, -0.05) is 12.1 Å². The van der Waals surface area contributed by atoms with Crippen molar-refractivity contribution in [2.45, 2.75) is 6.92 Å². The summed E-state index contributed by atoms with van der Waals surface area (Å²) in [5, 5.41) is 10.7. The molecule has 1 heterocycles. The first-order valence-corrected chi connectivity index (χ1v) is 4.93. The molecule has 16 heavy (non-hydrogen) atoms. The second kappa shape index (κ2) is 4.14. The molecule has 0 fully saturated rings. The zero-order valence-electron chi connectivity index (χ0n) is 8.84. The van der Waals surface area contributed by atoms with Gasteiger partial charge in [0.25, 0.3) is 0 Å². The second-order valence-corrected chi connectivity index (χ2v) is 3.56. The third-order valence-electron chi connectivity index (χ3n) is 2.48. The number of aryl methyl sites for hydroxylation is 1. The normalized spacial score (nSPS) is 11.1. The third kappa shape index (κ3) is 1.93. The number of hydrogen-bond acceptors (Lipinski definition) is 2. The zero-order chi connectivity index (χ0) is 11.5. The summed E-state index contributed by atoms with van der Waals surface area (Å²) in [6.07, 6.45) is 6.22. The fourth-order valence-corrected chi connectivity index (χ4v) is 1.67. The van der Waals surface area contributed by atoms with E-state index in [9.17, 15) is 4.79 Å². The van der Waals surface area contributed by atoms with Crippen LogP contribution in [-0.4, -0.2) is 16.1 Å². The van der Waals surface area contributed by atoms with Crippen LogP contribution in [0.2, 0.25) is 0 Å².